The van der Waals surface area contributed by atoms with Gasteiger partial charge in [-0.1, -0.05) is 13.8 Å². The summed E-state index contributed by atoms with van der Waals surface area (Å²) in [6.07, 6.45) is 0.576. The molecule has 6 nitrogen and oxygen atoms in total. The number of sulfonamides is 1. The van der Waals surface area contributed by atoms with Crippen molar-refractivity contribution in [2.24, 2.45) is 5.41 Å². The summed E-state index contributed by atoms with van der Waals surface area (Å²) < 4.78 is 32.4. The molecule has 1 saturated carbocycles. The van der Waals surface area contributed by atoms with Crippen LogP contribution in [0.2, 0.25) is 0 Å². The van der Waals surface area contributed by atoms with Crippen LogP contribution in [0.3, 0.4) is 0 Å². The summed E-state index contributed by atoms with van der Waals surface area (Å²) in [6.45, 7) is 3.84. The lowest BCUT2D eigenvalue weighted by Crippen LogP contribution is -2.61. The Balaban J connectivity index is 2.21. The van der Waals surface area contributed by atoms with Crippen LogP contribution in [0.4, 0.5) is 0 Å². The van der Waals surface area contributed by atoms with E-state index in [-0.39, 0.29) is 27.3 Å². The number of thiophene rings is 1. The molecular weight excluding hydrogens is 302 g/mol. The van der Waals surface area contributed by atoms with Crippen molar-refractivity contribution in [2.75, 3.05) is 7.11 Å². The van der Waals surface area contributed by atoms with Crippen LogP contribution in [0.5, 0.6) is 0 Å². The predicted octanol–water partition coefficient (Wildman–Crippen LogP) is 1.54. The maximum absolute atomic E-state index is 12.3. The molecule has 2 rings (SSSR count). The summed E-state index contributed by atoms with van der Waals surface area (Å²) in [6, 6.07) is 1.05. The Labute approximate surface area is 121 Å². The number of nitrogens with one attached hydrogen (secondary N) is 1. The smallest absolute Gasteiger partial charge is 0.347 e. The summed E-state index contributed by atoms with van der Waals surface area (Å²) in [5.41, 5.74) is -0.318. The Morgan fingerprint density at radius 3 is 2.70 bits per heavy atom. The summed E-state index contributed by atoms with van der Waals surface area (Å²) in [5, 5.41) is 10.5. The minimum Gasteiger partial charge on any atom is -0.477 e. The zero-order valence-electron chi connectivity index (χ0n) is 11.4. The Morgan fingerprint density at radius 2 is 2.20 bits per heavy atom. The van der Waals surface area contributed by atoms with Crippen molar-refractivity contribution in [3.05, 3.63) is 16.3 Å². The van der Waals surface area contributed by atoms with Crippen molar-refractivity contribution < 1.29 is 23.1 Å². The molecule has 1 fully saturated rings. The molecule has 2 N–H and O–H groups in total. The standard InChI is InChI=1S/C12H17NO5S2/c1-12(2)8(6-9(12)18-3)13-20(16,17)7-4-5-19-10(7)11(14)15/h4-5,8-9,13H,6H2,1-3H3,(H,14,15). The topological polar surface area (TPSA) is 92.7 Å². The highest BCUT2D eigenvalue weighted by Crippen LogP contribution is 2.43. The van der Waals surface area contributed by atoms with E-state index in [0.29, 0.717) is 6.42 Å². The Morgan fingerprint density at radius 1 is 1.55 bits per heavy atom. The Bertz CT molecular complexity index is 620. The van der Waals surface area contributed by atoms with Crippen LogP contribution in [0.1, 0.15) is 29.9 Å². The van der Waals surface area contributed by atoms with Crippen LogP contribution in [-0.2, 0) is 14.8 Å². The summed E-state index contributed by atoms with van der Waals surface area (Å²) in [4.78, 5) is 10.7. The van der Waals surface area contributed by atoms with Gasteiger partial charge >= 0.3 is 5.97 Å². The summed E-state index contributed by atoms with van der Waals surface area (Å²) >= 11 is 0.899. The van der Waals surface area contributed by atoms with Gasteiger partial charge < -0.3 is 9.84 Å². The Hall–Kier alpha value is -0.960. The SMILES string of the molecule is COC1CC(NS(=O)(=O)c2ccsc2C(=O)O)C1(C)C. The number of carbonyl (C=O) groups is 1. The third-order valence-electron chi connectivity index (χ3n) is 3.87. The van der Waals surface area contributed by atoms with Gasteiger partial charge in [0, 0.05) is 18.6 Å². The maximum Gasteiger partial charge on any atom is 0.347 e. The molecule has 1 aromatic heterocycles. The third-order valence-corrected chi connectivity index (χ3v) is 6.42. The first-order valence-corrected chi connectivity index (χ1v) is 8.42. The van der Waals surface area contributed by atoms with Crippen molar-refractivity contribution in [3.8, 4) is 0 Å². The molecule has 20 heavy (non-hydrogen) atoms. The van der Waals surface area contributed by atoms with Gasteiger partial charge in [0.05, 0.1) is 6.10 Å². The van der Waals surface area contributed by atoms with Crippen molar-refractivity contribution in [1.29, 1.82) is 0 Å². The lowest BCUT2D eigenvalue weighted by molar-refractivity contribution is -0.0908. The molecule has 0 radical (unpaired) electrons. The van der Waals surface area contributed by atoms with E-state index >= 15 is 0 Å². The molecule has 1 aromatic rings. The van der Waals surface area contributed by atoms with Crippen LogP contribution < -0.4 is 4.72 Å². The van der Waals surface area contributed by atoms with E-state index < -0.39 is 16.0 Å². The molecule has 0 amide bonds. The third kappa shape index (κ3) is 2.48. The zero-order chi connectivity index (χ0) is 15.1. The van der Waals surface area contributed by atoms with Crippen LogP contribution in [0.25, 0.3) is 0 Å². The van der Waals surface area contributed by atoms with E-state index in [1.165, 1.54) is 11.4 Å². The quantitative estimate of drug-likeness (QED) is 0.859. The zero-order valence-corrected chi connectivity index (χ0v) is 13.0. The molecular formula is C12H17NO5S2. The number of hydrogen-bond donors (Lipinski definition) is 2. The molecule has 0 aromatic carbocycles. The molecule has 112 valence electrons. The van der Waals surface area contributed by atoms with E-state index in [2.05, 4.69) is 4.72 Å². The van der Waals surface area contributed by atoms with Crippen molar-refractivity contribution in [1.82, 2.24) is 4.72 Å². The van der Waals surface area contributed by atoms with Gasteiger partial charge in [0.1, 0.15) is 9.77 Å². The van der Waals surface area contributed by atoms with E-state index in [4.69, 9.17) is 9.84 Å². The minimum absolute atomic E-state index is 0.00313. The molecule has 1 aliphatic carbocycles. The van der Waals surface area contributed by atoms with Crippen molar-refractivity contribution >= 4 is 27.3 Å². The summed E-state index contributed by atoms with van der Waals surface area (Å²) in [7, 11) is -2.24. The second kappa shape index (κ2) is 5.10. The number of aromatic carboxylic acids is 1. The predicted molar refractivity (Wildman–Crippen MR) is 74.6 cm³/mol. The fraction of sp³-hybridized carbons (Fsp3) is 0.583. The monoisotopic (exact) mass is 319 g/mol. The largest absolute Gasteiger partial charge is 0.477 e. The second-order valence-electron chi connectivity index (χ2n) is 5.37. The van der Waals surface area contributed by atoms with Crippen LogP contribution in [0, 0.1) is 5.41 Å². The second-order valence-corrected chi connectivity index (χ2v) is 7.97. The van der Waals surface area contributed by atoms with Gasteiger partial charge in [-0.25, -0.2) is 17.9 Å². The number of hydrogen-bond acceptors (Lipinski definition) is 5. The van der Waals surface area contributed by atoms with E-state index in [9.17, 15) is 13.2 Å². The van der Waals surface area contributed by atoms with Gasteiger partial charge in [-0.2, -0.15) is 0 Å². The van der Waals surface area contributed by atoms with Gasteiger partial charge in [-0.15, -0.1) is 11.3 Å². The van der Waals surface area contributed by atoms with Crippen LogP contribution >= 0.6 is 11.3 Å². The average molecular weight is 319 g/mol. The van der Waals surface area contributed by atoms with Gasteiger partial charge in [0.25, 0.3) is 0 Å². The molecule has 1 aliphatic rings. The lowest BCUT2D eigenvalue weighted by Gasteiger charge is -2.50. The molecule has 8 heteroatoms. The Kier molecular flexibility index (Phi) is 3.94. The number of methoxy groups -OCH3 is 1. The fourth-order valence-corrected chi connectivity index (χ4v) is 5.07. The van der Waals surface area contributed by atoms with Gasteiger partial charge in [-0.3, -0.25) is 0 Å². The number of carboxylic acid groups (broad SMARTS) is 1. The van der Waals surface area contributed by atoms with Crippen LogP contribution in [0.15, 0.2) is 16.3 Å². The molecule has 0 aliphatic heterocycles. The minimum atomic E-state index is -3.83. The highest BCUT2D eigenvalue weighted by atomic mass is 32.2. The number of rotatable bonds is 5. The molecule has 2 atom stereocenters. The fourth-order valence-electron chi connectivity index (χ4n) is 2.40. The first-order valence-electron chi connectivity index (χ1n) is 6.06. The van der Waals surface area contributed by atoms with Gasteiger partial charge in [0.2, 0.25) is 10.0 Å². The first kappa shape index (κ1) is 15.4. The number of ether oxygens (including phenoxy) is 1. The van der Waals surface area contributed by atoms with Crippen molar-refractivity contribution in [3.63, 3.8) is 0 Å². The van der Waals surface area contributed by atoms with E-state index in [1.54, 1.807) is 7.11 Å². The number of carboxylic acids is 1. The van der Waals surface area contributed by atoms with Crippen LogP contribution in [-0.4, -0.2) is 38.7 Å². The van der Waals surface area contributed by atoms with Crippen molar-refractivity contribution in [2.45, 2.75) is 37.3 Å². The average Bonchev–Trinajstić information content (AvgIpc) is 2.84. The van der Waals surface area contributed by atoms with E-state index in [1.807, 2.05) is 13.8 Å². The highest BCUT2D eigenvalue weighted by molar-refractivity contribution is 7.89. The molecule has 1 heterocycles. The molecule has 0 bridgehead atoms. The highest BCUT2D eigenvalue weighted by Gasteiger charge is 2.50. The molecule has 0 saturated heterocycles. The summed E-state index contributed by atoms with van der Waals surface area (Å²) in [5.74, 6) is -1.23. The first-order chi connectivity index (χ1) is 9.20. The molecule has 0 spiro atoms. The van der Waals surface area contributed by atoms with E-state index in [0.717, 1.165) is 11.3 Å². The van der Waals surface area contributed by atoms with Gasteiger partial charge in [0.15, 0.2) is 0 Å². The lowest BCUT2D eigenvalue weighted by atomic mass is 9.65. The van der Waals surface area contributed by atoms with Gasteiger partial charge in [-0.05, 0) is 17.9 Å². The molecule has 2 unspecified atom stereocenters. The normalized spacial score (nSPS) is 25.1. The maximum atomic E-state index is 12.3.